The molecule has 0 amide bonds. The second kappa shape index (κ2) is 7.42. The maximum atomic E-state index is 4.33. The van der Waals surface area contributed by atoms with Gasteiger partial charge in [-0.25, -0.2) is 0 Å². The smallest absolute Gasteiger partial charge is 0.0443 e. The predicted molar refractivity (Wildman–Crippen MR) is 107 cm³/mol. The minimum absolute atomic E-state index is 0.513. The lowest BCUT2D eigenvalue weighted by atomic mass is 10.00. The lowest BCUT2D eigenvalue weighted by Crippen LogP contribution is -2.35. The van der Waals surface area contributed by atoms with E-state index in [1.54, 1.807) is 0 Å². The molecule has 3 aromatic rings. The van der Waals surface area contributed by atoms with Gasteiger partial charge in [-0.3, -0.25) is 14.3 Å². The molecule has 1 aliphatic rings. The van der Waals surface area contributed by atoms with Crippen LogP contribution in [0.1, 0.15) is 12.8 Å². The lowest BCUT2D eigenvalue weighted by Gasteiger charge is -2.31. The Hall–Kier alpha value is -2.11. The molecule has 1 aromatic carbocycles. The SMILES string of the molecule is CSN1CCC(Nc2cc(-c3ccncc3)cc3ccncc23)CC1. The van der Waals surface area contributed by atoms with Crippen LogP contribution in [-0.4, -0.2) is 39.7 Å². The van der Waals surface area contributed by atoms with E-state index in [1.807, 2.05) is 36.7 Å². The van der Waals surface area contributed by atoms with Crippen LogP contribution in [0.25, 0.3) is 21.9 Å². The summed E-state index contributed by atoms with van der Waals surface area (Å²) in [5.74, 6) is 0. The molecule has 0 spiro atoms. The van der Waals surface area contributed by atoms with Gasteiger partial charge in [-0.2, -0.15) is 0 Å². The summed E-state index contributed by atoms with van der Waals surface area (Å²) in [6.07, 6.45) is 12.0. The minimum Gasteiger partial charge on any atom is -0.382 e. The van der Waals surface area contributed by atoms with Gasteiger partial charge in [0.2, 0.25) is 0 Å². The Labute approximate surface area is 152 Å². The van der Waals surface area contributed by atoms with Crippen molar-refractivity contribution in [2.24, 2.45) is 0 Å². The first-order chi connectivity index (χ1) is 12.3. The fourth-order valence-corrected chi connectivity index (χ4v) is 4.01. The molecule has 0 aliphatic carbocycles. The number of aromatic nitrogens is 2. The van der Waals surface area contributed by atoms with Crippen LogP contribution in [0.4, 0.5) is 5.69 Å². The molecule has 1 aliphatic heterocycles. The maximum Gasteiger partial charge on any atom is 0.0443 e. The molecule has 0 unspecified atom stereocenters. The molecule has 4 rings (SSSR count). The average Bonchev–Trinajstić information content (AvgIpc) is 2.69. The topological polar surface area (TPSA) is 41.0 Å². The predicted octanol–water partition coefficient (Wildman–Crippen LogP) is 4.45. The van der Waals surface area contributed by atoms with Crippen LogP contribution in [0.2, 0.25) is 0 Å². The number of hydrogen-bond acceptors (Lipinski definition) is 5. The number of anilines is 1. The van der Waals surface area contributed by atoms with E-state index in [2.05, 4.69) is 56.2 Å². The van der Waals surface area contributed by atoms with E-state index in [0.29, 0.717) is 6.04 Å². The van der Waals surface area contributed by atoms with E-state index in [9.17, 15) is 0 Å². The number of rotatable bonds is 4. The van der Waals surface area contributed by atoms with Crippen molar-refractivity contribution in [3.05, 3.63) is 55.1 Å². The third-order valence-electron chi connectivity index (χ3n) is 4.84. The summed E-state index contributed by atoms with van der Waals surface area (Å²) in [6, 6.07) is 11.2. The molecule has 0 atom stereocenters. The highest BCUT2D eigenvalue weighted by molar-refractivity contribution is 7.96. The van der Waals surface area contributed by atoms with E-state index in [0.717, 1.165) is 13.1 Å². The second-order valence-electron chi connectivity index (χ2n) is 6.39. The number of benzene rings is 1. The van der Waals surface area contributed by atoms with Gasteiger partial charge in [0.05, 0.1) is 0 Å². The molecule has 2 aromatic heterocycles. The molecular weight excluding hydrogens is 328 g/mol. The number of pyridine rings is 2. The van der Waals surface area contributed by atoms with Crippen LogP contribution in [0.5, 0.6) is 0 Å². The zero-order valence-corrected chi connectivity index (χ0v) is 15.2. The summed E-state index contributed by atoms with van der Waals surface area (Å²) in [6.45, 7) is 2.28. The van der Waals surface area contributed by atoms with Crippen LogP contribution in [0, 0.1) is 0 Å². The van der Waals surface area contributed by atoms with Crippen molar-refractivity contribution in [3.8, 4) is 11.1 Å². The monoisotopic (exact) mass is 350 g/mol. The molecule has 4 nitrogen and oxygen atoms in total. The first kappa shape index (κ1) is 16.4. The van der Waals surface area contributed by atoms with E-state index >= 15 is 0 Å². The Morgan fingerprint density at radius 1 is 1.00 bits per heavy atom. The van der Waals surface area contributed by atoms with Crippen molar-refractivity contribution in [2.45, 2.75) is 18.9 Å². The molecule has 128 valence electrons. The minimum atomic E-state index is 0.513. The molecule has 1 saturated heterocycles. The van der Waals surface area contributed by atoms with Crippen molar-refractivity contribution >= 4 is 28.4 Å². The Balaban J connectivity index is 1.67. The quantitative estimate of drug-likeness (QED) is 0.704. The van der Waals surface area contributed by atoms with Gasteiger partial charge in [-0.05, 0) is 65.9 Å². The number of piperidine rings is 1. The number of nitrogens with one attached hydrogen (secondary N) is 1. The molecular formula is C20H22N4S. The first-order valence-electron chi connectivity index (χ1n) is 8.67. The summed E-state index contributed by atoms with van der Waals surface area (Å²) in [4.78, 5) is 8.46. The average molecular weight is 350 g/mol. The molecule has 0 saturated carbocycles. The standard InChI is InChI=1S/C20H22N4S/c1-25-24-10-5-18(6-11-24)23-20-13-17(15-2-7-21-8-3-15)12-16-4-9-22-14-19(16)20/h2-4,7-9,12-14,18,23H,5-6,10-11H2,1H3. The van der Waals surface area contributed by atoms with Gasteiger partial charge in [0.25, 0.3) is 0 Å². The fraction of sp³-hybridized carbons (Fsp3) is 0.300. The van der Waals surface area contributed by atoms with Crippen molar-refractivity contribution in [1.82, 2.24) is 14.3 Å². The van der Waals surface area contributed by atoms with Gasteiger partial charge in [-0.15, -0.1) is 0 Å². The highest BCUT2D eigenvalue weighted by Gasteiger charge is 2.19. The van der Waals surface area contributed by atoms with E-state index in [1.165, 1.54) is 40.4 Å². The number of hydrogen-bond donors (Lipinski definition) is 1. The van der Waals surface area contributed by atoms with Gasteiger partial charge in [0, 0.05) is 55.0 Å². The van der Waals surface area contributed by atoms with E-state index in [-0.39, 0.29) is 0 Å². The van der Waals surface area contributed by atoms with E-state index < -0.39 is 0 Å². The van der Waals surface area contributed by atoms with Gasteiger partial charge in [0.1, 0.15) is 0 Å². The third-order valence-corrected chi connectivity index (χ3v) is 5.72. The summed E-state index contributed by atoms with van der Waals surface area (Å²) in [7, 11) is 0. The normalized spacial score (nSPS) is 16.2. The van der Waals surface area contributed by atoms with Gasteiger partial charge < -0.3 is 5.32 Å². The highest BCUT2D eigenvalue weighted by atomic mass is 32.2. The molecule has 5 heteroatoms. The molecule has 0 radical (unpaired) electrons. The second-order valence-corrected chi connectivity index (χ2v) is 7.27. The van der Waals surface area contributed by atoms with E-state index in [4.69, 9.17) is 0 Å². The molecule has 1 fully saturated rings. The van der Waals surface area contributed by atoms with Gasteiger partial charge in [0.15, 0.2) is 0 Å². The Morgan fingerprint density at radius 3 is 2.52 bits per heavy atom. The van der Waals surface area contributed by atoms with Crippen LogP contribution >= 0.6 is 11.9 Å². The molecule has 0 bridgehead atoms. The van der Waals surface area contributed by atoms with Crippen LogP contribution in [0.3, 0.4) is 0 Å². The van der Waals surface area contributed by atoms with Crippen molar-refractivity contribution in [2.75, 3.05) is 24.7 Å². The zero-order chi connectivity index (χ0) is 17.1. The zero-order valence-electron chi connectivity index (χ0n) is 14.4. The summed E-state index contributed by atoms with van der Waals surface area (Å²) >= 11 is 1.85. The molecule has 3 heterocycles. The number of fused-ring (bicyclic) bond motifs is 1. The highest BCUT2D eigenvalue weighted by Crippen LogP contribution is 2.32. The fourth-order valence-electron chi connectivity index (χ4n) is 3.43. The third kappa shape index (κ3) is 3.62. The van der Waals surface area contributed by atoms with Crippen LogP contribution in [-0.2, 0) is 0 Å². The Bertz CT molecular complexity index is 845. The van der Waals surface area contributed by atoms with Gasteiger partial charge in [-0.1, -0.05) is 11.9 Å². The van der Waals surface area contributed by atoms with Crippen molar-refractivity contribution in [1.29, 1.82) is 0 Å². The maximum absolute atomic E-state index is 4.33. The van der Waals surface area contributed by atoms with Gasteiger partial charge >= 0.3 is 0 Å². The summed E-state index contributed by atoms with van der Waals surface area (Å²) < 4.78 is 2.44. The lowest BCUT2D eigenvalue weighted by molar-refractivity contribution is 0.359. The summed E-state index contributed by atoms with van der Waals surface area (Å²) in [5.41, 5.74) is 3.58. The first-order valence-corrected chi connectivity index (χ1v) is 9.85. The Kier molecular flexibility index (Phi) is 4.85. The summed E-state index contributed by atoms with van der Waals surface area (Å²) in [5, 5.41) is 6.19. The molecule has 25 heavy (non-hydrogen) atoms. The van der Waals surface area contributed by atoms with Crippen LogP contribution < -0.4 is 5.32 Å². The van der Waals surface area contributed by atoms with Crippen molar-refractivity contribution in [3.63, 3.8) is 0 Å². The van der Waals surface area contributed by atoms with Crippen LogP contribution in [0.15, 0.2) is 55.1 Å². The number of nitrogens with zero attached hydrogens (tertiary/aromatic N) is 3. The van der Waals surface area contributed by atoms with Crippen molar-refractivity contribution < 1.29 is 0 Å². The Morgan fingerprint density at radius 2 is 1.76 bits per heavy atom. The molecule has 1 N–H and O–H groups in total. The largest absolute Gasteiger partial charge is 0.382 e.